The molecular weight excluding hydrogens is 573 g/mol. The van der Waals surface area contributed by atoms with Gasteiger partial charge in [-0.05, 0) is 101 Å². The molecule has 1 aliphatic rings. The summed E-state index contributed by atoms with van der Waals surface area (Å²) in [5, 5.41) is 0.0914. The number of rotatable bonds is 7. The minimum absolute atomic E-state index is 0.329. The molecule has 3 aromatic carbocycles. The maximum atomic E-state index is 12.9. The number of amides is 2. The van der Waals surface area contributed by atoms with Gasteiger partial charge in [-0.25, -0.2) is 4.90 Å². The van der Waals surface area contributed by atoms with Gasteiger partial charge in [0.05, 0.1) is 17.2 Å². The molecule has 0 aromatic heterocycles. The molecule has 0 atom stereocenters. The standard InChI is InChI=1S/C25H19ClINO4S/c1-2-31-22-12-17(8-11-21(22)32-15-16-6-9-19(27)10-7-16)13-23-24(29)28(25(30)33-23)20-5-3-4-18(26)14-20/h3-14H,2,15H2,1H3/b23-13+. The van der Waals surface area contributed by atoms with Gasteiger partial charge in [0.1, 0.15) is 6.61 Å². The van der Waals surface area contributed by atoms with Gasteiger partial charge in [-0.15, -0.1) is 0 Å². The maximum absolute atomic E-state index is 12.9. The lowest BCUT2D eigenvalue weighted by molar-refractivity contribution is -0.113. The molecule has 1 aliphatic heterocycles. The van der Waals surface area contributed by atoms with Gasteiger partial charge in [0, 0.05) is 8.59 Å². The lowest BCUT2D eigenvalue weighted by Crippen LogP contribution is -2.27. The molecule has 0 radical (unpaired) electrons. The Morgan fingerprint density at radius 2 is 1.79 bits per heavy atom. The molecule has 33 heavy (non-hydrogen) atoms. The normalized spacial score (nSPS) is 14.8. The second kappa shape index (κ2) is 10.6. The Bertz CT molecular complexity index is 1230. The SMILES string of the molecule is CCOc1cc(/C=C2/SC(=O)N(c3cccc(Cl)c3)C2=O)ccc1OCc1ccc(I)cc1. The van der Waals surface area contributed by atoms with E-state index in [2.05, 4.69) is 22.6 Å². The summed E-state index contributed by atoms with van der Waals surface area (Å²) in [6.07, 6.45) is 1.68. The third-order valence-corrected chi connectivity index (χ3v) is 6.56. The smallest absolute Gasteiger partial charge is 0.298 e. The van der Waals surface area contributed by atoms with Crippen LogP contribution in [0.3, 0.4) is 0 Å². The van der Waals surface area contributed by atoms with Crippen molar-refractivity contribution in [2.45, 2.75) is 13.5 Å². The molecule has 4 rings (SSSR count). The largest absolute Gasteiger partial charge is 0.490 e. The number of carbonyl (C=O) groups is 2. The monoisotopic (exact) mass is 591 g/mol. The fourth-order valence-corrected chi connectivity index (χ4v) is 4.59. The van der Waals surface area contributed by atoms with Gasteiger partial charge in [0.25, 0.3) is 11.1 Å². The highest BCUT2D eigenvalue weighted by Crippen LogP contribution is 2.37. The van der Waals surface area contributed by atoms with Gasteiger partial charge < -0.3 is 9.47 Å². The van der Waals surface area contributed by atoms with E-state index in [1.807, 2.05) is 43.3 Å². The summed E-state index contributed by atoms with van der Waals surface area (Å²) < 4.78 is 12.9. The highest BCUT2D eigenvalue weighted by atomic mass is 127. The van der Waals surface area contributed by atoms with Crippen LogP contribution in [0.5, 0.6) is 11.5 Å². The van der Waals surface area contributed by atoms with Crippen LogP contribution in [0, 0.1) is 3.57 Å². The first-order chi connectivity index (χ1) is 15.9. The van der Waals surface area contributed by atoms with Crippen molar-refractivity contribution in [1.29, 1.82) is 0 Å². The predicted molar refractivity (Wildman–Crippen MR) is 141 cm³/mol. The zero-order chi connectivity index (χ0) is 23.4. The van der Waals surface area contributed by atoms with Crippen molar-refractivity contribution in [3.05, 3.63) is 91.4 Å². The number of anilines is 1. The molecule has 0 aliphatic carbocycles. The second-order valence-corrected chi connectivity index (χ2v) is 9.73. The molecule has 3 aromatic rings. The molecule has 1 heterocycles. The van der Waals surface area contributed by atoms with Crippen molar-refractivity contribution in [2.75, 3.05) is 11.5 Å². The van der Waals surface area contributed by atoms with E-state index in [4.69, 9.17) is 21.1 Å². The number of benzene rings is 3. The Hall–Kier alpha value is -2.49. The average Bonchev–Trinajstić information content (AvgIpc) is 3.07. The molecule has 1 fully saturated rings. The Labute approximate surface area is 214 Å². The zero-order valence-corrected chi connectivity index (χ0v) is 21.3. The highest BCUT2D eigenvalue weighted by Gasteiger charge is 2.36. The van der Waals surface area contributed by atoms with Crippen LogP contribution >= 0.6 is 46.0 Å². The Balaban J connectivity index is 1.55. The molecule has 5 nitrogen and oxygen atoms in total. The van der Waals surface area contributed by atoms with E-state index in [-0.39, 0.29) is 11.1 Å². The summed E-state index contributed by atoms with van der Waals surface area (Å²) >= 11 is 9.18. The first-order valence-corrected chi connectivity index (χ1v) is 12.4. The van der Waals surface area contributed by atoms with Gasteiger partial charge in [-0.2, -0.15) is 0 Å². The number of ether oxygens (including phenoxy) is 2. The number of hydrogen-bond acceptors (Lipinski definition) is 5. The van der Waals surface area contributed by atoms with E-state index in [0.717, 1.165) is 31.4 Å². The van der Waals surface area contributed by atoms with Crippen molar-refractivity contribution in [3.63, 3.8) is 0 Å². The minimum atomic E-state index is -0.385. The first-order valence-electron chi connectivity index (χ1n) is 10.1. The molecule has 0 N–H and O–H groups in total. The van der Waals surface area contributed by atoms with E-state index < -0.39 is 0 Å². The van der Waals surface area contributed by atoms with Gasteiger partial charge in [0.15, 0.2) is 11.5 Å². The molecule has 0 bridgehead atoms. The van der Waals surface area contributed by atoms with Crippen LogP contribution < -0.4 is 14.4 Å². The van der Waals surface area contributed by atoms with Crippen molar-refractivity contribution in [1.82, 2.24) is 0 Å². The molecule has 2 amide bonds. The number of thioether (sulfide) groups is 1. The lowest BCUT2D eigenvalue weighted by Gasteiger charge is -2.13. The molecular formula is C25H19ClINO4S. The fraction of sp³-hybridized carbons (Fsp3) is 0.120. The second-order valence-electron chi connectivity index (χ2n) is 7.05. The zero-order valence-electron chi connectivity index (χ0n) is 17.6. The number of carbonyl (C=O) groups excluding carboxylic acids is 2. The predicted octanol–water partition coefficient (Wildman–Crippen LogP) is 7.16. The van der Waals surface area contributed by atoms with Gasteiger partial charge in [0.2, 0.25) is 0 Å². The summed E-state index contributed by atoms with van der Waals surface area (Å²) in [5.74, 6) is 0.801. The van der Waals surface area contributed by atoms with Gasteiger partial charge >= 0.3 is 0 Å². The van der Waals surface area contributed by atoms with Crippen LogP contribution in [0.2, 0.25) is 5.02 Å². The summed E-state index contributed by atoms with van der Waals surface area (Å²) in [4.78, 5) is 26.9. The van der Waals surface area contributed by atoms with Crippen LogP contribution in [0.4, 0.5) is 10.5 Å². The quantitative estimate of drug-likeness (QED) is 0.216. The lowest BCUT2D eigenvalue weighted by atomic mass is 10.1. The molecule has 8 heteroatoms. The van der Waals surface area contributed by atoms with Crippen LogP contribution in [0.25, 0.3) is 6.08 Å². The van der Waals surface area contributed by atoms with Crippen LogP contribution in [0.1, 0.15) is 18.1 Å². The molecule has 0 unspecified atom stereocenters. The maximum Gasteiger partial charge on any atom is 0.298 e. The number of imide groups is 1. The third kappa shape index (κ3) is 5.72. The van der Waals surface area contributed by atoms with Gasteiger partial charge in [-0.1, -0.05) is 35.9 Å². The molecule has 1 saturated heterocycles. The summed E-state index contributed by atoms with van der Waals surface area (Å²) in [5.41, 5.74) is 2.23. The van der Waals surface area contributed by atoms with E-state index in [9.17, 15) is 9.59 Å². The molecule has 168 valence electrons. The van der Waals surface area contributed by atoms with E-state index in [1.54, 1.807) is 36.4 Å². The topological polar surface area (TPSA) is 55.8 Å². The minimum Gasteiger partial charge on any atom is -0.490 e. The Morgan fingerprint density at radius 3 is 2.52 bits per heavy atom. The van der Waals surface area contributed by atoms with Crippen LogP contribution in [-0.4, -0.2) is 17.8 Å². The fourth-order valence-electron chi connectivity index (χ4n) is 3.20. The average molecular weight is 592 g/mol. The van der Waals surface area contributed by atoms with Crippen molar-refractivity contribution in [3.8, 4) is 11.5 Å². The number of nitrogens with zero attached hydrogens (tertiary/aromatic N) is 1. The van der Waals surface area contributed by atoms with Crippen molar-refractivity contribution < 1.29 is 19.1 Å². The first kappa shape index (κ1) is 23.7. The highest BCUT2D eigenvalue weighted by molar-refractivity contribution is 14.1. The van der Waals surface area contributed by atoms with E-state index in [0.29, 0.717) is 40.3 Å². The van der Waals surface area contributed by atoms with Crippen LogP contribution in [-0.2, 0) is 11.4 Å². The van der Waals surface area contributed by atoms with E-state index >= 15 is 0 Å². The number of hydrogen-bond donors (Lipinski definition) is 0. The number of halogens is 2. The Kier molecular flexibility index (Phi) is 7.62. The van der Waals surface area contributed by atoms with Crippen LogP contribution in [0.15, 0.2) is 71.6 Å². The molecule has 0 spiro atoms. The Morgan fingerprint density at radius 1 is 1.00 bits per heavy atom. The van der Waals surface area contributed by atoms with Crippen molar-refractivity contribution >= 4 is 68.9 Å². The van der Waals surface area contributed by atoms with E-state index in [1.165, 1.54) is 0 Å². The molecule has 0 saturated carbocycles. The summed E-state index contributed by atoms with van der Waals surface area (Å²) in [7, 11) is 0. The summed E-state index contributed by atoms with van der Waals surface area (Å²) in [6.45, 7) is 2.77. The van der Waals surface area contributed by atoms with Gasteiger partial charge in [-0.3, -0.25) is 9.59 Å². The van der Waals surface area contributed by atoms with Crippen molar-refractivity contribution in [2.24, 2.45) is 0 Å². The third-order valence-electron chi connectivity index (χ3n) is 4.73. The summed E-state index contributed by atoms with van der Waals surface area (Å²) in [6, 6.07) is 20.2.